The van der Waals surface area contributed by atoms with Gasteiger partial charge in [0.1, 0.15) is 6.20 Å². The third kappa shape index (κ3) is 3.96. The zero-order valence-electron chi connectivity index (χ0n) is 11.5. The highest BCUT2D eigenvalue weighted by Gasteiger charge is 2.21. The van der Waals surface area contributed by atoms with Gasteiger partial charge in [0, 0.05) is 18.3 Å². The van der Waals surface area contributed by atoms with Crippen molar-refractivity contribution in [3.8, 4) is 0 Å². The maximum Gasteiger partial charge on any atom is 0.329 e. The molecule has 2 heterocycles. The lowest BCUT2D eigenvalue weighted by Gasteiger charge is -2.22. The van der Waals surface area contributed by atoms with E-state index in [0.29, 0.717) is 11.8 Å². The molecule has 0 amide bonds. The van der Waals surface area contributed by atoms with E-state index in [-0.39, 0.29) is 11.7 Å². The molecule has 1 atom stereocenters. The van der Waals surface area contributed by atoms with Gasteiger partial charge in [-0.15, -0.1) is 0 Å². The molecule has 1 aromatic heterocycles. The molecule has 0 saturated carbocycles. The van der Waals surface area contributed by atoms with Crippen LogP contribution in [0.15, 0.2) is 6.20 Å². The van der Waals surface area contributed by atoms with Gasteiger partial charge in [-0.3, -0.25) is 10.1 Å². The zero-order valence-corrected chi connectivity index (χ0v) is 12.3. The van der Waals surface area contributed by atoms with Gasteiger partial charge in [-0.1, -0.05) is 6.92 Å². The van der Waals surface area contributed by atoms with Crippen molar-refractivity contribution in [3.05, 3.63) is 16.3 Å². The molecule has 8 heteroatoms. The summed E-state index contributed by atoms with van der Waals surface area (Å²) in [4.78, 5) is 18.8. The number of anilines is 2. The van der Waals surface area contributed by atoms with Crippen molar-refractivity contribution in [1.29, 1.82) is 0 Å². The molecule has 2 rings (SSSR count). The van der Waals surface area contributed by atoms with Crippen LogP contribution < -0.4 is 10.6 Å². The quantitative estimate of drug-likeness (QED) is 0.615. The van der Waals surface area contributed by atoms with Crippen LogP contribution in [-0.2, 0) is 0 Å². The SMILES string of the molecule is CCCNc1ncc([N+](=O)[O-])c(NC2CCCSC2)n1. The fourth-order valence-electron chi connectivity index (χ4n) is 1.99. The van der Waals surface area contributed by atoms with E-state index in [4.69, 9.17) is 0 Å². The number of nitrogens with one attached hydrogen (secondary N) is 2. The van der Waals surface area contributed by atoms with Crippen molar-refractivity contribution in [2.75, 3.05) is 28.7 Å². The Morgan fingerprint density at radius 1 is 1.60 bits per heavy atom. The average Bonchev–Trinajstić information content (AvgIpc) is 2.46. The fourth-order valence-corrected chi connectivity index (χ4v) is 3.06. The van der Waals surface area contributed by atoms with E-state index in [2.05, 4.69) is 20.6 Å². The summed E-state index contributed by atoms with van der Waals surface area (Å²) in [5.74, 6) is 2.87. The van der Waals surface area contributed by atoms with Crippen molar-refractivity contribution in [2.45, 2.75) is 32.2 Å². The maximum absolute atomic E-state index is 11.0. The molecule has 1 aliphatic heterocycles. The molecule has 2 N–H and O–H groups in total. The van der Waals surface area contributed by atoms with Gasteiger partial charge in [-0.25, -0.2) is 4.98 Å². The first-order chi connectivity index (χ1) is 9.70. The molecule has 7 nitrogen and oxygen atoms in total. The molecule has 110 valence electrons. The summed E-state index contributed by atoms with van der Waals surface area (Å²) < 4.78 is 0. The summed E-state index contributed by atoms with van der Waals surface area (Å²) >= 11 is 1.86. The topological polar surface area (TPSA) is 93.0 Å². The second kappa shape index (κ2) is 7.28. The maximum atomic E-state index is 11.0. The van der Waals surface area contributed by atoms with E-state index in [1.807, 2.05) is 18.7 Å². The Morgan fingerprint density at radius 2 is 2.45 bits per heavy atom. The number of hydrogen-bond donors (Lipinski definition) is 2. The highest BCUT2D eigenvalue weighted by Crippen LogP contribution is 2.26. The monoisotopic (exact) mass is 297 g/mol. The Kier molecular flexibility index (Phi) is 5.40. The van der Waals surface area contributed by atoms with E-state index in [1.54, 1.807) is 0 Å². The van der Waals surface area contributed by atoms with Gasteiger partial charge < -0.3 is 10.6 Å². The second-order valence-corrected chi connectivity index (χ2v) is 5.82. The lowest BCUT2D eigenvalue weighted by Crippen LogP contribution is -2.27. The predicted molar refractivity (Wildman–Crippen MR) is 81.4 cm³/mol. The number of aromatic nitrogens is 2. The van der Waals surface area contributed by atoms with Gasteiger partial charge in [0.25, 0.3) is 0 Å². The number of thioether (sulfide) groups is 1. The fraction of sp³-hybridized carbons (Fsp3) is 0.667. The molecule has 1 unspecified atom stereocenters. The van der Waals surface area contributed by atoms with Crippen LogP contribution in [0.1, 0.15) is 26.2 Å². The molecule has 1 aliphatic rings. The summed E-state index contributed by atoms with van der Waals surface area (Å²) in [6, 6.07) is 0.237. The molecule has 0 aliphatic carbocycles. The minimum atomic E-state index is -0.443. The smallest absolute Gasteiger partial charge is 0.329 e. The van der Waals surface area contributed by atoms with Crippen LogP contribution >= 0.6 is 11.8 Å². The number of hydrogen-bond acceptors (Lipinski definition) is 7. The highest BCUT2D eigenvalue weighted by atomic mass is 32.2. The van der Waals surface area contributed by atoms with Crippen LogP contribution in [0.4, 0.5) is 17.5 Å². The molecule has 20 heavy (non-hydrogen) atoms. The normalized spacial score (nSPS) is 18.6. The first kappa shape index (κ1) is 14.8. The minimum absolute atomic E-state index is 0.0670. The standard InChI is InChI=1S/C12H19N5O2S/c1-2-5-13-12-14-7-10(17(18)19)11(16-12)15-9-4-3-6-20-8-9/h7,9H,2-6,8H2,1H3,(H2,13,14,15,16). The molecular formula is C12H19N5O2S. The van der Waals surface area contributed by atoms with Crippen molar-refractivity contribution in [3.63, 3.8) is 0 Å². The van der Waals surface area contributed by atoms with Crippen LogP contribution in [0.3, 0.4) is 0 Å². The third-order valence-electron chi connectivity index (χ3n) is 3.00. The van der Waals surface area contributed by atoms with Crippen LogP contribution in [0.2, 0.25) is 0 Å². The minimum Gasteiger partial charge on any atom is -0.361 e. The largest absolute Gasteiger partial charge is 0.361 e. The zero-order chi connectivity index (χ0) is 14.4. The van der Waals surface area contributed by atoms with Gasteiger partial charge in [0.15, 0.2) is 0 Å². The van der Waals surface area contributed by atoms with Crippen molar-refractivity contribution in [1.82, 2.24) is 9.97 Å². The number of nitro groups is 1. The van der Waals surface area contributed by atoms with E-state index < -0.39 is 4.92 Å². The Bertz CT molecular complexity index is 465. The summed E-state index contributed by atoms with van der Waals surface area (Å²) in [7, 11) is 0. The van der Waals surface area contributed by atoms with Crippen molar-refractivity contribution >= 4 is 29.2 Å². The van der Waals surface area contributed by atoms with E-state index in [9.17, 15) is 10.1 Å². The Labute approximate surface area is 122 Å². The van der Waals surface area contributed by atoms with E-state index in [0.717, 1.165) is 37.3 Å². The molecule has 1 saturated heterocycles. The molecule has 1 fully saturated rings. The van der Waals surface area contributed by atoms with Gasteiger partial charge in [0.2, 0.25) is 11.8 Å². The van der Waals surface area contributed by atoms with Crippen LogP contribution in [0.25, 0.3) is 0 Å². The van der Waals surface area contributed by atoms with Crippen molar-refractivity contribution < 1.29 is 4.92 Å². The van der Waals surface area contributed by atoms with Crippen molar-refractivity contribution in [2.24, 2.45) is 0 Å². The van der Waals surface area contributed by atoms with Gasteiger partial charge in [-0.05, 0) is 25.0 Å². The van der Waals surface area contributed by atoms with Gasteiger partial charge >= 0.3 is 5.69 Å². The Morgan fingerprint density at radius 3 is 3.10 bits per heavy atom. The van der Waals surface area contributed by atoms with E-state index in [1.165, 1.54) is 6.20 Å². The van der Waals surface area contributed by atoms with Crippen LogP contribution in [0.5, 0.6) is 0 Å². The molecule has 0 aromatic carbocycles. The van der Waals surface area contributed by atoms with Crippen LogP contribution in [-0.4, -0.2) is 39.0 Å². The Balaban J connectivity index is 2.14. The summed E-state index contributed by atoms with van der Waals surface area (Å²) in [6.07, 6.45) is 4.36. The van der Waals surface area contributed by atoms with E-state index >= 15 is 0 Å². The summed E-state index contributed by atoms with van der Waals surface area (Å²) in [5, 5.41) is 17.3. The summed E-state index contributed by atoms with van der Waals surface area (Å²) in [5.41, 5.74) is -0.0670. The highest BCUT2D eigenvalue weighted by molar-refractivity contribution is 7.99. The van der Waals surface area contributed by atoms with Gasteiger partial charge in [-0.2, -0.15) is 16.7 Å². The first-order valence-corrected chi connectivity index (χ1v) is 7.95. The Hall–Kier alpha value is -1.57. The number of nitrogens with zero attached hydrogens (tertiary/aromatic N) is 3. The summed E-state index contributed by atoms with van der Waals surface area (Å²) in [6.45, 7) is 2.79. The molecule has 1 aromatic rings. The lowest BCUT2D eigenvalue weighted by atomic mass is 10.2. The average molecular weight is 297 g/mol. The molecule has 0 spiro atoms. The predicted octanol–water partition coefficient (Wildman–Crippen LogP) is 2.51. The number of rotatable bonds is 6. The first-order valence-electron chi connectivity index (χ1n) is 6.80. The van der Waals surface area contributed by atoms with Gasteiger partial charge in [0.05, 0.1) is 4.92 Å². The molecule has 0 radical (unpaired) electrons. The lowest BCUT2D eigenvalue weighted by molar-refractivity contribution is -0.384. The third-order valence-corrected chi connectivity index (χ3v) is 4.22. The van der Waals surface area contributed by atoms with Crippen LogP contribution in [0, 0.1) is 10.1 Å². The molecule has 0 bridgehead atoms. The second-order valence-electron chi connectivity index (χ2n) is 4.67. The molecular weight excluding hydrogens is 278 g/mol.